The second-order valence-corrected chi connectivity index (χ2v) is 9.28. The van der Waals surface area contributed by atoms with E-state index in [0.29, 0.717) is 22.5 Å². The van der Waals surface area contributed by atoms with Gasteiger partial charge in [0.1, 0.15) is 5.75 Å². The van der Waals surface area contributed by atoms with Crippen molar-refractivity contribution in [2.45, 2.75) is 38.7 Å². The number of benzene rings is 3. The quantitative estimate of drug-likeness (QED) is 0.535. The average molecular weight is 439 g/mol. The SMILES string of the molecule is Cc1ccc(S(=O)(=O)Nc2cc(C(=O)Nc3ccc(OC(C)C)cc3)ccc2C)cc1. The van der Waals surface area contributed by atoms with Gasteiger partial charge in [0.15, 0.2) is 0 Å². The molecule has 3 aromatic rings. The monoisotopic (exact) mass is 438 g/mol. The van der Waals surface area contributed by atoms with Crippen molar-refractivity contribution in [2.75, 3.05) is 10.0 Å². The number of sulfonamides is 1. The first-order valence-corrected chi connectivity index (χ1v) is 11.4. The summed E-state index contributed by atoms with van der Waals surface area (Å²) in [6.45, 7) is 7.55. The molecule has 31 heavy (non-hydrogen) atoms. The van der Waals surface area contributed by atoms with E-state index in [-0.39, 0.29) is 16.9 Å². The first-order valence-electron chi connectivity index (χ1n) is 9.92. The molecule has 0 heterocycles. The van der Waals surface area contributed by atoms with E-state index in [1.54, 1.807) is 67.6 Å². The van der Waals surface area contributed by atoms with Gasteiger partial charge in [0.25, 0.3) is 15.9 Å². The number of anilines is 2. The van der Waals surface area contributed by atoms with Gasteiger partial charge in [-0.15, -0.1) is 0 Å². The van der Waals surface area contributed by atoms with Crippen molar-refractivity contribution >= 4 is 27.3 Å². The number of carbonyl (C=O) groups excluding carboxylic acids is 1. The molecule has 0 aliphatic carbocycles. The lowest BCUT2D eigenvalue weighted by atomic mass is 10.1. The summed E-state index contributed by atoms with van der Waals surface area (Å²) in [5.41, 5.74) is 2.99. The van der Waals surface area contributed by atoms with E-state index in [0.717, 1.165) is 11.3 Å². The summed E-state index contributed by atoms with van der Waals surface area (Å²) in [5.74, 6) is 0.379. The van der Waals surface area contributed by atoms with Crippen molar-refractivity contribution in [3.63, 3.8) is 0 Å². The first kappa shape index (κ1) is 22.4. The highest BCUT2D eigenvalue weighted by Crippen LogP contribution is 2.23. The Morgan fingerprint density at radius 3 is 2.16 bits per heavy atom. The third-order valence-electron chi connectivity index (χ3n) is 4.56. The fourth-order valence-corrected chi connectivity index (χ4v) is 4.01. The Hall–Kier alpha value is -3.32. The van der Waals surface area contributed by atoms with Crippen LogP contribution < -0.4 is 14.8 Å². The molecule has 0 aliphatic rings. The van der Waals surface area contributed by atoms with Crippen LogP contribution in [0.1, 0.15) is 35.3 Å². The van der Waals surface area contributed by atoms with Crippen LogP contribution >= 0.6 is 0 Å². The van der Waals surface area contributed by atoms with E-state index >= 15 is 0 Å². The minimum Gasteiger partial charge on any atom is -0.491 e. The Morgan fingerprint density at radius 2 is 1.55 bits per heavy atom. The number of hydrogen-bond acceptors (Lipinski definition) is 4. The molecule has 0 saturated carbocycles. The molecule has 0 unspecified atom stereocenters. The molecule has 7 heteroatoms. The Morgan fingerprint density at radius 1 is 0.903 bits per heavy atom. The minimum atomic E-state index is -3.76. The number of nitrogens with one attached hydrogen (secondary N) is 2. The topological polar surface area (TPSA) is 84.5 Å². The molecule has 3 aromatic carbocycles. The molecular weight excluding hydrogens is 412 g/mol. The molecule has 1 amide bonds. The van der Waals surface area contributed by atoms with Gasteiger partial charge in [-0.25, -0.2) is 8.42 Å². The largest absolute Gasteiger partial charge is 0.491 e. The van der Waals surface area contributed by atoms with E-state index in [1.807, 2.05) is 20.8 Å². The van der Waals surface area contributed by atoms with Crippen LogP contribution in [0, 0.1) is 13.8 Å². The van der Waals surface area contributed by atoms with Gasteiger partial charge in [0.2, 0.25) is 0 Å². The zero-order valence-corrected chi connectivity index (χ0v) is 18.8. The fourth-order valence-electron chi connectivity index (χ4n) is 2.89. The van der Waals surface area contributed by atoms with Crippen molar-refractivity contribution in [3.8, 4) is 5.75 Å². The predicted octanol–water partition coefficient (Wildman–Crippen LogP) is 5.14. The number of carbonyl (C=O) groups is 1. The lowest BCUT2D eigenvalue weighted by Crippen LogP contribution is -2.16. The van der Waals surface area contributed by atoms with E-state index in [4.69, 9.17) is 4.74 Å². The summed E-state index contributed by atoms with van der Waals surface area (Å²) in [4.78, 5) is 12.9. The Labute approximate surface area is 183 Å². The number of ether oxygens (including phenoxy) is 1. The summed E-state index contributed by atoms with van der Waals surface area (Å²) in [6.07, 6.45) is 0.0649. The van der Waals surface area contributed by atoms with E-state index in [2.05, 4.69) is 10.0 Å². The van der Waals surface area contributed by atoms with E-state index < -0.39 is 10.0 Å². The summed E-state index contributed by atoms with van der Waals surface area (Å²) in [5, 5.41) is 2.81. The second-order valence-electron chi connectivity index (χ2n) is 7.59. The second kappa shape index (κ2) is 9.22. The normalized spacial score (nSPS) is 11.3. The molecule has 0 aliphatic heterocycles. The molecule has 0 spiro atoms. The van der Waals surface area contributed by atoms with Crippen LogP contribution in [0.25, 0.3) is 0 Å². The lowest BCUT2D eigenvalue weighted by molar-refractivity contribution is 0.102. The summed E-state index contributed by atoms with van der Waals surface area (Å²) in [7, 11) is -3.76. The highest BCUT2D eigenvalue weighted by molar-refractivity contribution is 7.92. The van der Waals surface area contributed by atoms with Crippen LogP contribution in [-0.4, -0.2) is 20.4 Å². The third kappa shape index (κ3) is 5.86. The molecule has 0 radical (unpaired) electrons. The van der Waals surface area contributed by atoms with Gasteiger partial charge in [-0.1, -0.05) is 23.8 Å². The maximum absolute atomic E-state index is 12.7. The molecule has 0 bridgehead atoms. The zero-order chi connectivity index (χ0) is 22.6. The molecule has 162 valence electrons. The molecule has 0 saturated heterocycles. The van der Waals surface area contributed by atoms with E-state index in [9.17, 15) is 13.2 Å². The van der Waals surface area contributed by atoms with Crippen molar-refractivity contribution < 1.29 is 17.9 Å². The Bertz CT molecular complexity index is 1170. The Balaban J connectivity index is 1.77. The van der Waals surface area contributed by atoms with Gasteiger partial charge in [0.05, 0.1) is 16.7 Å². The predicted molar refractivity (Wildman–Crippen MR) is 123 cm³/mol. The molecule has 0 atom stereocenters. The summed E-state index contributed by atoms with van der Waals surface area (Å²) in [6, 6.07) is 18.6. The number of hydrogen-bond donors (Lipinski definition) is 2. The summed E-state index contributed by atoms with van der Waals surface area (Å²) < 4.78 is 33.6. The van der Waals surface area contributed by atoms with Gasteiger partial charge >= 0.3 is 0 Å². The van der Waals surface area contributed by atoms with Crippen molar-refractivity contribution in [1.29, 1.82) is 0 Å². The lowest BCUT2D eigenvalue weighted by Gasteiger charge is -2.13. The Kier molecular flexibility index (Phi) is 6.65. The fraction of sp³-hybridized carbons (Fsp3) is 0.208. The van der Waals surface area contributed by atoms with Crippen LogP contribution in [0.4, 0.5) is 11.4 Å². The standard InChI is InChI=1S/C24H26N2O4S/c1-16(2)30-21-11-9-20(10-12-21)25-24(27)19-8-7-18(4)23(15-19)26-31(28,29)22-13-5-17(3)6-14-22/h5-16,26H,1-4H3,(H,25,27). The van der Waals surface area contributed by atoms with Crippen LogP contribution in [0.3, 0.4) is 0 Å². The van der Waals surface area contributed by atoms with Gasteiger partial charge < -0.3 is 10.1 Å². The van der Waals surface area contributed by atoms with Crippen LogP contribution in [0.2, 0.25) is 0 Å². The maximum atomic E-state index is 12.7. The average Bonchev–Trinajstić information content (AvgIpc) is 2.71. The van der Waals surface area contributed by atoms with Crippen molar-refractivity contribution in [3.05, 3.63) is 83.4 Å². The van der Waals surface area contributed by atoms with E-state index in [1.165, 1.54) is 6.07 Å². The number of aryl methyl sites for hydroxylation is 2. The highest BCUT2D eigenvalue weighted by atomic mass is 32.2. The molecular formula is C24H26N2O4S. The number of amides is 1. The molecule has 0 aromatic heterocycles. The van der Waals surface area contributed by atoms with Gasteiger partial charge in [-0.3, -0.25) is 9.52 Å². The smallest absolute Gasteiger partial charge is 0.261 e. The molecule has 3 rings (SSSR count). The van der Waals surface area contributed by atoms with Crippen LogP contribution in [0.5, 0.6) is 5.75 Å². The first-order chi connectivity index (χ1) is 14.6. The number of rotatable bonds is 7. The van der Waals surface area contributed by atoms with Crippen molar-refractivity contribution in [1.82, 2.24) is 0 Å². The molecule has 2 N–H and O–H groups in total. The van der Waals surface area contributed by atoms with Crippen molar-refractivity contribution in [2.24, 2.45) is 0 Å². The van der Waals surface area contributed by atoms with Gasteiger partial charge in [0, 0.05) is 11.3 Å². The molecule has 6 nitrogen and oxygen atoms in total. The maximum Gasteiger partial charge on any atom is 0.261 e. The van der Waals surface area contributed by atoms with Gasteiger partial charge in [-0.05, 0) is 81.8 Å². The van der Waals surface area contributed by atoms with Crippen LogP contribution in [-0.2, 0) is 10.0 Å². The highest BCUT2D eigenvalue weighted by Gasteiger charge is 2.17. The van der Waals surface area contributed by atoms with Gasteiger partial charge in [-0.2, -0.15) is 0 Å². The third-order valence-corrected chi connectivity index (χ3v) is 5.94. The molecule has 0 fully saturated rings. The summed E-state index contributed by atoms with van der Waals surface area (Å²) >= 11 is 0. The van der Waals surface area contributed by atoms with Crippen LogP contribution in [0.15, 0.2) is 71.6 Å². The zero-order valence-electron chi connectivity index (χ0n) is 18.0. The minimum absolute atomic E-state index is 0.0649.